The monoisotopic (exact) mass is 603 g/mol. The van der Waals surface area contributed by atoms with E-state index >= 15 is 0 Å². The number of hydrogen-bond acceptors (Lipinski definition) is 7. The number of amides is 1. The number of ether oxygens (including phenoxy) is 3. The van der Waals surface area contributed by atoms with E-state index in [1.54, 1.807) is 19.2 Å². The van der Waals surface area contributed by atoms with Crippen LogP contribution in [-0.4, -0.2) is 62.7 Å². The molecule has 1 unspecified atom stereocenters. The van der Waals surface area contributed by atoms with Crippen LogP contribution in [0.4, 0.5) is 10.1 Å². The van der Waals surface area contributed by atoms with Gasteiger partial charge in [-0.3, -0.25) is 4.79 Å². The lowest BCUT2D eigenvalue weighted by molar-refractivity contribution is -0.128. The zero-order chi connectivity index (χ0) is 31.8. The van der Waals surface area contributed by atoms with Crippen molar-refractivity contribution in [3.8, 4) is 5.75 Å². The summed E-state index contributed by atoms with van der Waals surface area (Å²) in [6.45, 7) is 12.4. The first kappa shape index (κ1) is 36.5. The molecule has 2 aromatic rings. The maximum Gasteiger partial charge on any atom is 0.223 e. The number of aliphatic hydroxyl groups excluding tert-OH is 1. The van der Waals surface area contributed by atoms with Gasteiger partial charge in [-0.25, -0.2) is 4.39 Å². The number of carbonyl (C=O) groups is 1. The van der Waals surface area contributed by atoms with Gasteiger partial charge in [0, 0.05) is 44.3 Å². The molecule has 0 saturated heterocycles. The summed E-state index contributed by atoms with van der Waals surface area (Å²) in [7, 11) is 1.68. The second-order valence-corrected chi connectivity index (χ2v) is 11.7. The first-order valence-corrected chi connectivity index (χ1v) is 15.6. The summed E-state index contributed by atoms with van der Waals surface area (Å²) in [5, 5.41) is 17.4. The molecule has 0 radical (unpaired) electrons. The van der Waals surface area contributed by atoms with Gasteiger partial charge >= 0.3 is 0 Å². The number of aryl methyl sites for hydroxylation is 1. The van der Waals surface area contributed by atoms with Crippen molar-refractivity contribution in [3.63, 3.8) is 0 Å². The van der Waals surface area contributed by atoms with Crippen LogP contribution in [0.15, 0.2) is 42.5 Å². The molecule has 0 spiro atoms. The van der Waals surface area contributed by atoms with Crippen LogP contribution in [0.5, 0.6) is 5.75 Å². The molecule has 0 aliphatic rings. The van der Waals surface area contributed by atoms with E-state index < -0.39 is 18.1 Å². The van der Waals surface area contributed by atoms with Gasteiger partial charge in [0.25, 0.3) is 0 Å². The smallest absolute Gasteiger partial charge is 0.223 e. The Morgan fingerprint density at radius 3 is 2.42 bits per heavy atom. The SMILES string of the molecule is CCc1ccc(COCC(N)[C@@H](O)C[C@H](C(=O)N[C@H](CNc2ccc(F)cc2)[C@@H](C)CC)C(C)C)cc1OCCCOC. The zero-order valence-electron chi connectivity index (χ0n) is 26.9. The second kappa shape index (κ2) is 19.5. The summed E-state index contributed by atoms with van der Waals surface area (Å²) in [5.41, 5.74) is 9.20. The molecule has 43 heavy (non-hydrogen) atoms. The van der Waals surface area contributed by atoms with Gasteiger partial charge in [0.15, 0.2) is 0 Å². The summed E-state index contributed by atoms with van der Waals surface area (Å²) < 4.78 is 30.2. The fraction of sp³-hybridized carbons (Fsp3) is 0.618. The number of halogens is 1. The quantitative estimate of drug-likeness (QED) is 0.143. The number of benzene rings is 2. The van der Waals surface area contributed by atoms with Crippen molar-refractivity contribution in [3.05, 3.63) is 59.4 Å². The van der Waals surface area contributed by atoms with Gasteiger partial charge in [0.1, 0.15) is 11.6 Å². The van der Waals surface area contributed by atoms with E-state index in [-0.39, 0.29) is 42.6 Å². The lowest BCUT2D eigenvalue weighted by Crippen LogP contribution is -2.49. The fourth-order valence-electron chi connectivity index (χ4n) is 4.81. The number of hydrogen-bond donors (Lipinski definition) is 4. The fourth-order valence-corrected chi connectivity index (χ4v) is 4.81. The molecular formula is C34H54FN3O5. The van der Waals surface area contributed by atoms with Crippen LogP contribution in [0.2, 0.25) is 0 Å². The highest BCUT2D eigenvalue weighted by molar-refractivity contribution is 5.79. The second-order valence-electron chi connectivity index (χ2n) is 11.7. The Labute approximate surface area is 257 Å². The number of nitrogens with two attached hydrogens (primary N) is 1. The molecule has 0 saturated carbocycles. The van der Waals surface area contributed by atoms with Gasteiger partial charge < -0.3 is 35.7 Å². The highest BCUT2D eigenvalue weighted by Crippen LogP contribution is 2.23. The van der Waals surface area contributed by atoms with Crippen LogP contribution in [0, 0.1) is 23.6 Å². The molecule has 0 fully saturated rings. The van der Waals surface area contributed by atoms with Crippen LogP contribution >= 0.6 is 0 Å². The molecule has 0 bridgehead atoms. The topological polar surface area (TPSA) is 115 Å². The minimum Gasteiger partial charge on any atom is -0.493 e. The number of rotatable bonds is 21. The highest BCUT2D eigenvalue weighted by Gasteiger charge is 2.30. The number of nitrogens with one attached hydrogen (secondary N) is 2. The molecule has 8 nitrogen and oxygen atoms in total. The minimum absolute atomic E-state index is 0.00444. The van der Waals surface area contributed by atoms with Crippen molar-refractivity contribution < 1.29 is 28.5 Å². The van der Waals surface area contributed by atoms with E-state index in [2.05, 4.69) is 31.4 Å². The number of aliphatic hydroxyl groups is 1. The molecule has 0 aliphatic heterocycles. The molecule has 1 amide bonds. The van der Waals surface area contributed by atoms with E-state index in [1.165, 1.54) is 12.1 Å². The molecule has 0 aliphatic carbocycles. The molecule has 5 N–H and O–H groups in total. The van der Waals surface area contributed by atoms with E-state index in [0.29, 0.717) is 26.4 Å². The van der Waals surface area contributed by atoms with Gasteiger partial charge in [0.05, 0.1) is 32.0 Å². The van der Waals surface area contributed by atoms with Gasteiger partial charge in [-0.15, -0.1) is 0 Å². The highest BCUT2D eigenvalue weighted by atomic mass is 19.1. The Bertz CT molecular complexity index is 1070. The van der Waals surface area contributed by atoms with Gasteiger partial charge in [0.2, 0.25) is 5.91 Å². The van der Waals surface area contributed by atoms with Crippen molar-refractivity contribution >= 4 is 11.6 Å². The van der Waals surface area contributed by atoms with E-state index in [1.807, 2.05) is 32.0 Å². The average molecular weight is 604 g/mol. The number of anilines is 1. The van der Waals surface area contributed by atoms with E-state index in [0.717, 1.165) is 41.8 Å². The third-order valence-corrected chi connectivity index (χ3v) is 8.00. The summed E-state index contributed by atoms with van der Waals surface area (Å²) in [6, 6.07) is 11.4. The third-order valence-electron chi connectivity index (χ3n) is 8.00. The van der Waals surface area contributed by atoms with Crippen molar-refractivity contribution in [2.75, 3.05) is 38.8 Å². The van der Waals surface area contributed by atoms with Crippen molar-refractivity contribution in [1.29, 1.82) is 0 Å². The zero-order valence-corrected chi connectivity index (χ0v) is 26.9. The molecule has 5 atom stereocenters. The average Bonchev–Trinajstić information content (AvgIpc) is 3.00. The molecule has 2 rings (SSSR count). The molecule has 0 aromatic heterocycles. The van der Waals surface area contributed by atoms with Crippen molar-refractivity contribution in [2.24, 2.45) is 23.5 Å². The van der Waals surface area contributed by atoms with Gasteiger partial charge in [-0.2, -0.15) is 0 Å². The lowest BCUT2D eigenvalue weighted by Gasteiger charge is -2.30. The summed E-state index contributed by atoms with van der Waals surface area (Å²) >= 11 is 0. The summed E-state index contributed by atoms with van der Waals surface area (Å²) in [5.74, 6) is 0.245. The molecule has 0 heterocycles. The van der Waals surface area contributed by atoms with Crippen LogP contribution in [0.25, 0.3) is 0 Å². The molecule has 242 valence electrons. The largest absolute Gasteiger partial charge is 0.493 e. The normalized spacial score (nSPS) is 15.0. The molecule has 2 aromatic carbocycles. The van der Waals surface area contributed by atoms with Crippen LogP contribution < -0.4 is 21.1 Å². The Balaban J connectivity index is 1.91. The number of carbonyl (C=O) groups excluding carboxylic acids is 1. The predicted molar refractivity (Wildman–Crippen MR) is 171 cm³/mol. The van der Waals surface area contributed by atoms with E-state index in [9.17, 15) is 14.3 Å². The van der Waals surface area contributed by atoms with E-state index in [4.69, 9.17) is 19.9 Å². The maximum atomic E-state index is 13.4. The minimum atomic E-state index is -0.903. The Hall–Kier alpha value is -2.72. The molecule has 9 heteroatoms. The number of methoxy groups -OCH3 is 1. The Morgan fingerprint density at radius 2 is 1.79 bits per heavy atom. The lowest BCUT2D eigenvalue weighted by atomic mass is 9.86. The van der Waals surface area contributed by atoms with Crippen molar-refractivity contribution in [1.82, 2.24) is 5.32 Å². The Morgan fingerprint density at radius 1 is 1.07 bits per heavy atom. The van der Waals surface area contributed by atoms with Crippen LogP contribution in [0.1, 0.15) is 65.0 Å². The Kier molecular flexibility index (Phi) is 16.6. The van der Waals surface area contributed by atoms with Crippen LogP contribution in [-0.2, 0) is 27.3 Å². The first-order chi connectivity index (χ1) is 20.6. The maximum absolute atomic E-state index is 13.4. The summed E-state index contributed by atoms with van der Waals surface area (Å²) in [4.78, 5) is 13.4. The predicted octanol–water partition coefficient (Wildman–Crippen LogP) is 5.31. The first-order valence-electron chi connectivity index (χ1n) is 15.6. The molecular weight excluding hydrogens is 549 g/mol. The third kappa shape index (κ3) is 12.8. The van der Waals surface area contributed by atoms with Gasteiger partial charge in [-0.05, 0) is 66.1 Å². The standard InChI is InChI=1S/C34H54FN3O5/c1-7-24(5)31(20-37-28-14-12-27(35)13-15-28)38-34(40)29(23(3)4)19-32(39)30(36)22-42-21-25-10-11-26(8-2)33(18-25)43-17-9-16-41-6/h10-15,18,23-24,29-32,37,39H,7-9,16-17,19-22,36H2,1-6H3,(H,38,40)/t24-,29-,30?,31+,32-/m0/s1. The van der Waals surface area contributed by atoms with Crippen LogP contribution in [0.3, 0.4) is 0 Å². The van der Waals surface area contributed by atoms with Crippen molar-refractivity contribution in [2.45, 2.75) is 85.1 Å². The van der Waals surface area contributed by atoms with Gasteiger partial charge in [-0.1, -0.05) is 53.2 Å². The summed E-state index contributed by atoms with van der Waals surface area (Å²) in [6.07, 6.45) is 1.89.